The number of hydrogen-bond donors (Lipinski definition) is 0. The zero-order valence-corrected chi connectivity index (χ0v) is 14.4. The summed E-state index contributed by atoms with van der Waals surface area (Å²) in [7, 11) is 0. The van der Waals surface area contributed by atoms with Crippen molar-refractivity contribution >= 4 is 22.9 Å². The van der Waals surface area contributed by atoms with E-state index in [2.05, 4.69) is 51.6 Å². The molecule has 0 atom stereocenters. The van der Waals surface area contributed by atoms with Gasteiger partial charge in [-0.1, -0.05) is 20.8 Å². The maximum absolute atomic E-state index is 2.73. The molecule has 0 radical (unpaired) electrons. The van der Waals surface area contributed by atoms with Crippen LogP contribution >= 0.6 is 22.9 Å². The lowest BCUT2D eigenvalue weighted by atomic mass is 9.75. The average molecular weight is 364 g/mol. The topological polar surface area (TPSA) is 6.48 Å². The quantitative estimate of drug-likeness (QED) is 0.543. The summed E-state index contributed by atoms with van der Waals surface area (Å²) >= 11 is 2.47. The zero-order chi connectivity index (χ0) is 13.2. The Morgan fingerprint density at radius 2 is 1.50 bits per heavy atom. The fourth-order valence-electron chi connectivity index (χ4n) is 3.43. The number of nitrogens with zero attached hydrogens (tertiary/aromatic N) is 2. The van der Waals surface area contributed by atoms with Gasteiger partial charge in [-0.25, -0.2) is 3.11 Å². The SMILES string of the molecule is CC(C)(C)C1CCN(CC2CCN(I)CC2)CC1. The van der Waals surface area contributed by atoms with Crippen molar-refractivity contribution in [3.8, 4) is 0 Å². The minimum atomic E-state index is 0.513. The van der Waals surface area contributed by atoms with Crippen LogP contribution in [0, 0.1) is 17.3 Å². The molecule has 3 heteroatoms. The monoisotopic (exact) mass is 364 g/mol. The fraction of sp³-hybridized carbons (Fsp3) is 1.00. The first-order valence-electron chi connectivity index (χ1n) is 7.58. The second kappa shape index (κ2) is 6.40. The Balaban J connectivity index is 1.70. The number of rotatable bonds is 2. The van der Waals surface area contributed by atoms with Crippen molar-refractivity contribution in [2.45, 2.75) is 46.5 Å². The van der Waals surface area contributed by atoms with Crippen molar-refractivity contribution in [3.63, 3.8) is 0 Å². The molecule has 106 valence electrons. The first-order valence-corrected chi connectivity index (χ1v) is 8.54. The van der Waals surface area contributed by atoms with E-state index in [4.69, 9.17) is 0 Å². The van der Waals surface area contributed by atoms with E-state index in [0.29, 0.717) is 5.41 Å². The van der Waals surface area contributed by atoms with Gasteiger partial charge in [0.2, 0.25) is 0 Å². The summed E-state index contributed by atoms with van der Waals surface area (Å²) in [6, 6.07) is 0. The lowest BCUT2D eigenvalue weighted by Crippen LogP contribution is -2.41. The molecule has 2 aliphatic heterocycles. The van der Waals surface area contributed by atoms with Gasteiger partial charge >= 0.3 is 0 Å². The lowest BCUT2D eigenvalue weighted by Gasteiger charge is -2.40. The summed E-state index contributed by atoms with van der Waals surface area (Å²) in [4.78, 5) is 2.73. The van der Waals surface area contributed by atoms with E-state index in [-0.39, 0.29) is 0 Å². The van der Waals surface area contributed by atoms with Crippen LogP contribution in [0.5, 0.6) is 0 Å². The molecule has 0 aromatic heterocycles. The molecule has 0 bridgehead atoms. The van der Waals surface area contributed by atoms with Gasteiger partial charge in [0.1, 0.15) is 0 Å². The highest BCUT2D eigenvalue weighted by molar-refractivity contribution is 14.1. The molecule has 2 saturated heterocycles. The molecule has 0 saturated carbocycles. The van der Waals surface area contributed by atoms with Gasteiger partial charge in [-0.2, -0.15) is 0 Å². The smallest absolute Gasteiger partial charge is 0.0201 e. The van der Waals surface area contributed by atoms with E-state index < -0.39 is 0 Å². The van der Waals surface area contributed by atoms with E-state index in [1.807, 2.05) is 0 Å². The van der Waals surface area contributed by atoms with Crippen LogP contribution in [0.1, 0.15) is 46.5 Å². The first-order chi connectivity index (χ1) is 8.45. The molecule has 2 aliphatic rings. The molecule has 2 rings (SSSR count). The van der Waals surface area contributed by atoms with Crippen LogP contribution in [-0.2, 0) is 0 Å². The maximum Gasteiger partial charge on any atom is 0.0201 e. The molecule has 18 heavy (non-hydrogen) atoms. The molecule has 2 heterocycles. The summed E-state index contributed by atoms with van der Waals surface area (Å²) in [6.07, 6.45) is 5.63. The number of hydrogen-bond acceptors (Lipinski definition) is 2. The van der Waals surface area contributed by atoms with Crippen molar-refractivity contribution in [3.05, 3.63) is 0 Å². The van der Waals surface area contributed by atoms with Gasteiger partial charge in [0, 0.05) is 42.5 Å². The molecule has 2 nitrogen and oxygen atoms in total. The molecule has 0 aliphatic carbocycles. The second-order valence-electron chi connectivity index (χ2n) is 7.29. The summed E-state index contributed by atoms with van der Waals surface area (Å²) in [5, 5.41) is 0. The van der Waals surface area contributed by atoms with Crippen LogP contribution < -0.4 is 0 Å². The highest BCUT2D eigenvalue weighted by atomic mass is 127. The third kappa shape index (κ3) is 4.34. The van der Waals surface area contributed by atoms with Crippen LogP contribution in [-0.4, -0.2) is 40.7 Å². The summed E-state index contributed by atoms with van der Waals surface area (Å²) < 4.78 is 2.44. The molecule has 0 unspecified atom stereocenters. The van der Waals surface area contributed by atoms with Crippen LogP contribution in [0.2, 0.25) is 0 Å². The van der Waals surface area contributed by atoms with Gasteiger partial charge in [-0.3, -0.25) is 0 Å². The van der Waals surface area contributed by atoms with Gasteiger partial charge in [0.05, 0.1) is 0 Å². The van der Waals surface area contributed by atoms with Crippen molar-refractivity contribution in [2.24, 2.45) is 17.3 Å². The summed E-state index contributed by atoms with van der Waals surface area (Å²) in [5.41, 5.74) is 0.513. The molecular formula is C15H29IN2. The number of halogens is 1. The predicted octanol–water partition coefficient (Wildman–Crippen LogP) is 3.81. The van der Waals surface area contributed by atoms with Gasteiger partial charge < -0.3 is 4.90 Å². The van der Waals surface area contributed by atoms with Crippen LogP contribution in [0.15, 0.2) is 0 Å². The lowest BCUT2D eigenvalue weighted by molar-refractivity contribution is 0.0935. The summed E-state index contributed by atoms with van der Waals surface area (Å²) in [5.74, 6) is 1.90. The van der Waals surface area contributed by atoms with Crippen LogP contribution in [0.4, 0.5) is 0 Å². The van der Waals surface area contributed by atoms with E-state index in [9.17, 15) is 0 Å². The van der Waals surface area contributed by atoms with E-state index in [0.717, 1.165) is 11.8 Å². The van der Waals surface area contributed by atoms with Gasteiger partial charge in [0.25, 0.3) is 0 Å². The van der Waals surface area contributed by atoms with Crippen molar-refractivity contribution in [2.75, 3.05) is 32.7 Å². The fourth-order valence-corrected chi connectivity index (χ4v) is 3.99. The number of likely N-dealkylation sites (tertiary alicyclic amines) is 1. The molecule has 2 fully saturated rings. The molecule has 0 amide bonds. The molecular weight excluding hydrogens is 335 g/mol. The number of piperidine rings is 2. The van der Waals surface area contributed by atoms with Gasteiger partial charge in [-0.05, 0) is 56.0 Å². The van der Waals surface area contributed by atoms with Crippen molar-refractivity contribution < 1.29 is 0 Å². The molecule has 0 aromatic rings. The third-order valence-electron chi connectivity index (χ3n) is 4.89. The second-order valence-corrected chi connectivity index (χ2v) is 8.66. The maximum atomic E-state index is 2.73. The Morgan fingerprint density at radius 1 is 0.944 bits per heavy atom. The predicted molar refractivity (Wildman–Crippen MR) is 86.9 cm³/mol. The minimum Gasteiger partial charge on any atom is -0.303 e. The van der Waals surface area contributed by atoms with Crippen LogP contribution in [0.25, 0.3) is 0 Å². The van der Waals surface area contributed by atoms with E-state index >= 15 is 0 Å². The average Bonchev–Trinajstić information content (AvgIpc) is 2.32. The summed E-state index contributed by atoms with van der Waals surface area (Å²) in [6.45, 7) is 13.9. The largest absolute Gasteiger partial charge is 0.303 e. The van der Waals surface area contributed by atoms with Gasteiger partial charge in [0.15, 0.2) is 0 Å². The molecule has 0 N–H and O–H groups in total. The molecule has 0 aromatic carbocycles. The Hall–Kier alpha value is 0.650. The minimum absolute atomic E-state index is 0.513. The highest BCUT2D eigenvalue weighted by Gasteiger charge is 2.29. The Kier molecular flexibility index (Phi) is 5.35. The Bertz CT molecular complexity index is 246. The Morgan fingerprint density at radius 3 is 2.00 bits per heavy atom. The van der Waals surface area contributed by atoms with E-state index in [1.54, 1.807) is 0 Å². The normalized spacial score (nSPS) is 26.7. The third-order valence-corrected chi connectivity index (χ3v) is 5.85. The van der Waals surface area contributed by atoms with Crippen molar-refractivity contribution in [1.82, 2.24) is 8.01 Å². The standard InChI is InChI=1S/C15H29IN2/c1-15(2,3)14-6-8-17(9-7-14)12-13-4-10-18(16)11-5-13/h13-14H,4-12H2,1-3H3. The molecule has 0 spiro atoms. The van der Waals surface area contributed by atoms with E-state index in [1.165, 1.54) is 58.4 Å². The van der Waals surface area contributed by atoms with Gasteiger partial charge in [-0.15, -0.1) is 0 Å². The van der Waals surface area contributed by atoms with Crippen molar-refractivity contribution in [1.29, 1.82) is 0 Å². The zero-order valence-electron chi connectivity index (χ0n) is 12.3. The van der Waals surface area contributed by atoms with Crippen LogP contribution in [0.3, 0.4) is 0 Å². The first kappa shape index (κ1) is 15.0. The highest BCUT2D eigenvalue weighted by Crippen LogP contribution is 2.34. The Labute approximate surface area is 127 Å².